The number of carbonyl (C=O) groups excluding carboxylic acids is 1. The summed E-state index contributed by atoms with van der Waals surface area (Å²) in [5, 5.41) is 16.5. The second-order valence-electron chi connectivity index (χ2n) is 6.37. The van der Waals surface area contributed by atoms with Gasteiger partial charge in [-0.1, -0.05) is 18.0 Å². The zero-order valence-corrected chi connectivity index (χ0v) is 14.3. The fourth-order valence-corrected chi connectivity index (χ4v) is 4.43. The lowest BCUT2D eigenvalue weighted by atomic mass is 9.84. The van der Waals surface area contributed by atoms with Crippen molar-refractivity contribution in [3.8, 4) is 0 Å². The van der Waals surface area contributed by atoms with E-state index < -0.39 is 6.10 Å². The zero-order valence-electron chi connectivity index (χ0n) is 13.5. The Kier molecular flexibility index (Phi) is 4.55. The van der Waals surface area contributed by atoms with E-state index in [-0.39, 0.29) is 11.3 Å². The number of aromatic nitrogens is 1. The molecule has 1 aliphatic carbocycles. The smallest absolute Gasteiger partial charge is 0.273 e. The molecule has 0 aliphatic heterocycles. The fraction of sp³-hybridized carbons (Fsp3) is 0.529. The maximum atomic E-state index is 12.2. The molecule has 0 aromatic carbocycles. The van der Waals surface area contributed by atoms with Gasteiger partial charge in [0.1, 0.15) is 5.76 Å². The molecule has 3 rings (SSSR count). The van der Waals surface area contributed by atoms with Crippen LogP contribution in [-0.2, 0) is 5.41 Å². The molecule has 124 valence electrons. The number of amides is 1. The lowest BCUT2D eigenvalue weighted by Crippen LogP contribution is -2.38. The summed E-state index contributed by atoms with van der Waals surface area (Å²) in [6.07, 6.45) is 4.01. The Bertz CT molecular complexity index is 684. The van der Waals surface area contributed by atoms with Gasteiger partial charge in [0.25, 0.3) is 5.91 Å². The summed E-state index contributed by atoms with van der Waals surface area (Å²) in [4.78, 5) is 14.5. The monoisotopic (exact) mass is 334 g/mol. The van der Waals surface area contributed by atoms with Gasteiger partial charge in [0.05, 0.1) is 6.10 Å². The van der Waals surface area contributed by atoms with Crippen LogP contribution in [0.4, 0.5) is 0 Å². The highest BCUT2D eigenvalue weighted by atomic mass is 32.1. The van der Waals surface area contributed by atoms with Gasteiger partial charge in [-0.3, -0.25) is 4.79 Å². The molecule has 0 bridgehead atoms. The third-order valence-electron chi connectivity index (χ3n) is 4.57. The number of thiophene rings is 1. The first-order chi connectivity index (χ1) is 11.0. The van der Waals surface area contributed by atoms with Crippen LogP contribution in [0.25, 0.3) is 0 Å². The Morgan fingerprint density at radius 2 is 2.22 bits per heavy atom. The number of carbonyl (C=O) groups is 1. The second-order valence-corrected chi connectivity index (χ2v) is 7.49. The SMILES string of the molecule is Cc1cc(C(=O)NCC2(c3ccc([C@@H](C)O)s3)CCCC2)no1. The molecule has 6 heteroatoms. The molecule has 1 atom stereocenters. The number of aliphatic hydroxyl groups is 1. The van der Waals surface area contributed by atoms with Crippen LogP contribution >= 0.6 is 11.3 Å². The minimum atomic E-state index is -0.445. The van der Waals surface area contributed by atoms with E-state index in [0.29, 0.717) is 18.0 Å². The van der Waals surface area contributed by atoms with Gasteiger partial charge in [-0.25, -0.2) is 0 Å². The summed E-state index contributed by atoms with van der Waals surface area (Å²) >= 11 is 1.65. The minimum absolute atomic E-state index is 0.0216. The minimum Gasteiger partial charge on any atom is -0.388 e. The molecular formula is C17H22N2O3S. The number of nitrogens with zero attached hydrogens (tertiary/aromatic N) is 1. The third kappa shape index (κ3) is 3.33. The number of hydrogen-bond acceptors (Lipinski definition) is 5. The molecule has 5 nitrogen and oxygen atoms in total. The summed E-state index contributed by atoms with van der Waals surface area (Å²) in [5.74, 6) is 0.436. The van der Waals surface area contributed by atoms with Crippen molar-refractivity contribution < 1.29 is 14.4 Å². The van der Waals surface area contributed by atoms with Crippen LogP contribution in [0.1, 0.15) is 64.7 Å². The first-order valence-corrected chi connectivity index (χ1v) is 8.82. The van der Waals surface area contributed by atoms with Crippen molar-refractivity contribution in [3.63, 3.8) is 0 Å². The zero-order chi connectivity index (χ0) is 16.4. The molecule has 1 saturated carbocycles. The van der Waals surface area contributed by atoms with Crippen molar-refractivity contribution in [2.45, 2.75) is 51.0 Å². The van der Waals surface area contributed by atoms with Crippen LogP contribution in [0.3, 0.4) is 0 Å². The molecule has 0 radical (unpaired) electrons. The lowest BCUT2D eigenvalue weighted by molar-refractivity contribution is 0.0934. The molecule has 2 heterocycles. The molecule has 0 spiro atoms. The Morgan fingerprint density at radius 1 is 1.48 bits per heavy atom. The molecule has 1 fully saturated rings. The van der Waals surface area contributed by atoms with E-state index in [2.05, 4.69) is 16.5 Å². The van der Waals surface area contributed by atoms with Gasteiger partial charge in [0.15, 0.2) is 5.69 Å². The third-order valence-corrected chi connectivity index (χ3v) is 6.07. The van der Waals surface area contributed by atoms with Crippen molar-refractivity contribution >= 4 is 17.2 Å². The molecule has 1 amide bonds. The van der Waals surface area contributed by atoms with Crippen LogP contribution in [-0.4, -0.2) is 22.7 Å². The summed E-state index contributed by atoms with van der Waals surface area (Å²) in [5.41, 5.74) is 0.304. The van der Waals surface area contributed by atoms with Crippen LogP contribution in [0.5, 0.6) is 0 Å². The van der Waals surface area contributed by atoms with E-state index in [0.717, 1.165) is 17.7 Å². The van der Waals surface area contributed by atoms with Crippen molar-refractivity contribution in [2.75, 3.05) is 6.54 Å². The summed E-state index contributed by atoms with van der Waals surface area (Å²) in [7, 11) is 0. The quantitative estimate of drug-likeness (QED) is 0.879. The van der Waals surface area contributed by atoms with Gasteiger partial charge < -0.3 is 14.9 Å². The van der Waals surface area contributed by atoms with E-state index in [1.807, 2.05) is 6.07 Å². The molecule has 2 N–H and O–H groups in total. The fourth-order valence-electron chi connectivity index (χ4n) is 3.24. The van der Waals surface area contributed by atoms with Crippen LogP contribution in [0.15, 0.2) is 22.7 Å². The van der Waals surface area contributed by atoms with E-state index in [4.69, 9.17) is 4.52 Å². The Morgan fingerprint density at radius 3 is 2.78 bits per heavy atom. The van der Waals surface area contributed by atoms with Crippen LogP contribution < -0.4 is 5.32 Å². The summed E-state index contributed by atoms with van der Waals surface area (Å²) in [6, 6.07) is 5.74. The van der Waals surface area contributed by atoms with Gasteiger partial charge in [-0.15, -0.1) is 11.3 Å². The van der Waals surface area contributed by atoms with E-state index >= 15 is 0 Å². The molecule has 2 aromatic heterocycles. The number of aryl methyl sites for hydroxylation is 1. The van der Waals surface area contributed by atoms with Gasteiger partial charge >= 0.3 is 0 Å². The first kappa shape index (κ1) is 16.2. The predicted octanol–water partition coefficient (Wildman–Crippen LogP) is 3.34. The Balaban J connectivity index is 1.74. The maximum Gasteiger partial charge on any atom is 0.273 e. The van der Waals surface area contributed by atoms with Crippen LogP contribution in [0.2, 0.25) is 0 Å². The summed E-state index contributed by atoms with van der Waals surface area (Å²) in [6.45, 7) is 4.15. The van der Waals surface area contributed by atoms with Crippen LogP contribution in [0, 0.1) is 6.92 Å². The maximum absolute atomic E-state index is 12.2. The molecule has 0 unspecified atom stereocenters. The first-order valence-electron chi connectivity index (χ1n) is 8.00. The molecule has 23 heavy (non-hydrogen) atoms. The largest absolute Gasteiger partial charge is 0.388 e. The van der Waals surface area contributed by atoms with Crippen molar-refractivity contribution in [3.05, 3.63) is 39.4 Å². The molecule has 0 saturated heterocycles. The highest BCUT2D eigenvalue weighted by Gasteiger charge is 2.37. The predicted molar refractivity (Wildman–Crippen MR) is 88.7 cm³/mol. The van der Waals surface area contributed by atoms with E-state index in [9.17, 15) is 9.90 Å². The Labute approximate surface area is 139 Å². The Hall–Kier alpha value is -1.66. The number of nitrogens with one attached hydrogen (secondary N) is 1. The van der Waals surface area contributed by atoms with Crippen molar-refractivity contribution in [1.82, 2.24) is 10.5 Å². The van der Waals surface area contributed by atoms with Gasteiger partial charge in [0, 0.05) is 27.8 Å². The number of rotatable bonds is 5. The highest BCUT2D eigenvalue weighted by Crippen LogP contribution is 2.44. The average Bonchev–Trinajstić information content (AvgIpc) is 3.25. The standard InChI is InChI=1S/C17H22N2O3S/c1-11-9-13(19-22-11)16(21)18-10-17(7-3-4-8-17)15-6-5-14(23-15)12(2)20/h5-6,9,12,20H,3-4,7-8,10H2,1-2H3,(H,18,21)/t12-/m1/s1. The normalized spacial score (nSPS) is 18.0. The number of aliphatic hydroxyl groups excluding tert-OH is 1. The van der Waals surface area contributed by atoms with Crippen molar-refractivity contribution in [2.24, 2.45) is 0 Å². The lowest BCUT2D eigenvalue weighted by Gasteiger charge is -2.28. The summed E-state index contributed by atoms with van der Waals surface area (Å²) < 4.78 is 4.96. The van der Waals surface area contributed by atoms with Gasteiger partial charge in [-0.2, -0.15) is 0 Å². The second kappa shape index (κ2) is 6.45. The van der Waals surface area contributed by atoms with E-state index in [1.165, 1.54) is 17.7 Å². The van der Waals surface area contributed by atoms with Gasteiger partial charge in [-0.05, 0) is 38.8 Å². The molecule has 2 aromatic rings. The molecule has 1 aliphatic rings. The van der Waals surface area contributed by atoms with Gasteiger partial charge in [0.2, 0.25) is 0 Å². The topological polar surface area (TPSA) is 75.4 Å². The average molecular weight is 334 g/mol. The van der Waals surface area contributed by atoms with Crippen molar-refractivity contribution in [1.29, 1.82) is 0 Å². The highest BCUT2D eigenvalue weighted by molar-refractivity contribution is 7.12. The van der Waals surface area contributed by atoms with E-state index in [1.54, 1.807) is 31.3 Å². The molecular weight excluding hydrogens is 312 g/mol. The number of hydrogen-bond donors (Lipinski definition) is 2.